The molecule has 1 fully saturated rings. The van der Waals surface area contributed by atoms with Gasteiger partial charge in [0.05, 0.1) is 11.7 Å². The Bertz CT molecular complexity index is 366. The molecule has 2 heterocycles. The third-order valence-corrected chi connectivity index (χ3v) is 4.39. The van der Waals surface area contributed by atoms with Crippen molar-refractivity contribution in [2.45, 2.75) is 51.6 Å². The molecule has 3 unspecified atom stereocenters. The summed E-state index contributed by atoms with van der Waals surface area (Å²) in [6.45, 7) is 6.79. The lowest BCUT2D eigenvalue weighted by Crippen LogP contribution is -2.45. The quantitative estimate of drug-likeness (QED) is 0.886. The Morgan fingerprint density at radius 1 is 1.42 bits per heavy atom. The summed E-state index contributed by atoms with van der Waals surface area (Å²) in [5, 5.41) is 0. The third kappa shape index (κ3) is 3.54. The minimum absolute atomic E-state index is 0.172. The van der Waals surface area contributed by atoms with Crippen molar-refractivity contribution in [3.05, 3.63) is 30.1 Å². The van der Waals surface area contributed by atoms with Crippen LogP contribution in [-0.2, 0) is 0 Å². The number of nitrogens with two attached hydrogens (primary N) is 1. The molecule has 2 rings (SSSR count). The van der Waals surface area contributed by atoms with E-state index in [4.69, 9.17) is 5.73 Å². The van der Waals surface area contributed by atoms with E-state index in [2.05, 4.69) is 35.9 Å². The smallest absolute Gasteiger partial charge is 0.0673 e. The predicted molar refractivity (Wildman–Crippen MR) is 79.8 cm³/mol. The molecule has 3 heteroatoms. The number of rotatable bonds is 5. The molecule has 1 aromatic heterocycles. The first-order valence-electron chi connectivity index (χ1n) is 7.66. The highest BCUT2D eigenvalue weighted by Crippen LogP contribution is 2.29. The molecule has 0 radical (unpaired) electrons. The molecular weight excluding hydrogens is 234 g/mol. The van der Waals surface area contributed by atoms with Gasteiger partial charge in [-0.2, -0.15) is 0 Å². The first kappa shape index (κ1) is 14.5. The van der Waals surface area contributed by atoms with Crippen molar-refractivity contribution in [3.63, 3.8) is 0 Å². The summed E-state index contributed by atoms with van der Waals surface area (Å²) in [4.78, 5) is 7.12. The van der Waals surface area contributed by atoms with Gasteiger partial charge in [0.2, 0.25) is 0 Å². The topological polar surface area (TPSA) is 42.2 Å². The molecule has 1 aliphatic rings. The van der Waals surface area contributed by atoms with Crippen molar-refractivity contribution in [1.82, 2.24) is 9.88 Å². The van der Waals surface area contributed by atoms with E-state index in [0.29, 0.717) is 0 Å². The van der Waals surface area contributed by atoms with E-state index < -0.39 is 0 Å². The van der Waals surface area contributed by atoms with Crippen LogP contribution < -0.4 is 5.73 Å². The van der Waals surface area contributed by atoms with Gasteiger partial charge in [0.25, 0.3) is 0 Å². The van der Waals surface area contributed by atoms with E-state index in [1.165, 1.54) is 25.8 Å². The maximum atomic E-state index is 6.39. The summed E-state index contributed by atoms with van der Waals surface area (Å²) < 4.78 is 0. The normalized spacial score (nSPS) is 24.1. The van der Waals surface area contributed by atoms with E-state index in [1.807, 2.05) is 12.3 Å². The Morgan fingerprint density at radius 2 is 2.26 bits per heavy atom. The van der Waals surface area contributed by atoms with Crippen LogP contribution in [0.3, 0.4) is 0 Å². The molecular formula is C16H27N3. The number of nitrogens with zero attached hydrogens (tertiary/aromatic N) is 2. The van der Waals surface area contributed by atoms with E-state index in [0.717, 1.165) is 24.6 Å². The average Bonchev–Trinajstić information content (AvgIpc) is 2.48. The Balaban J connectivity index is 2.18. The molecule has 0 spiro atoms. The highest BCUT2D eigenvalue weighted by molar-refractivity contribution is 5.12. The number of pyridine rings is 1. The Morgan fingerprint density at radius 3 is 2.89 bits per heavy atom. The number of hydrogen-bond acceptors (Lipinski definition) is 3. The second kappa shape index (κ2) is 7.01. The number of hydrogen-bond donors (Lipinski definition) is 1. The summed E-state index contributed by atoms with van der Waals surface area (Å²) in [7, 11) is 0. The van der Waals surface area contributed by atoms with E-state index >= 15 is 0 Å². The summed E-state index contributed by atoms with van der Waals surface area (Å²) in [6, 6.07) is 6.61. The highest BCUT2D eigenvalue weighted by atomic mass is 15.2. The van der Waals surface area contributed by atoms with Gasteiger partial charge in [0.1, 0.15) is 0 Å². The van der Waals surface area contributed by atoms with Gasteiger partial charge in [-0.15, -0.1) is 0 Å². The molecule has 0 amide bonds. The molecule has 2 N–H and O–H groups in total. The molecule has 3 atom stereocenters. The summed E-state index contributed by atoms with van der Waals surface area (Å²) in [5.41, 5.74) is 7.52. The second-order valence-electron chi connectivity index (χ2n) is 5.68. The molecule has 0 bridgehead atoms. The van der Waals surface area contributed by atoms with Crippen LogP contribution in [0.4, 0.5) is 0 Å². The lowest BCUT2D eigenvalue weighted by Gasteiger charge is -2.40. The van der Waals surface area contributed by atoms with Crippen molar-refractivity contribution >= 4 is 0 Å². The van der Waals surface area contributed by atoms with Crippen LogP contribution in [0.2, 0.25) is 0 Å². The van der Waals surface area contributed by atoms with Crippen molar-refractivity contribution in [1.29, 1.82) is 0 Å². The molecule has 1 aliphatic heterocycles. The molecule has 1 saturated heterocycles. The largest absolute Gasteiger partial charge is 0.326 e. The lowest BCUT2D eigenvalue weighted by molar-refractivity contribution is 0.101. The summed E-state index contributed by atoms with van der Waals surface area (Å²) in [5.74, 6) is 0.823. The highest BCUT2D eigenvalue weighted by Gasteiger charge is 2.30. The Kier molecular flexibility index (Phi) is 5.34. The molecule has 0 aliphatic carbocycles. The first-order chi connectivity index (χ1) is 9.26. The zero-order chi connectivity index (χ0) is 13.7. The maximum absolute atomic E-state index is 6.39. The van der Waals surface area contributed by atoms with Crippen LogP contribution >= 0.6 is 0 Å². The molecule has 0 aromatic carbocycles. The fraction of sp³-hybridized carbons (Fsp3) is 0.688. The number of likely N-dealkylation sites (tertiary alicyclic amines) is 1. The van der Waals surface area contributed by atoms with Gasteiger partial charge in [0, 0.05) is 18.8 Å². The zero-order valence-corrected chi connectivity index (χ0v) is 12.3. The second-order valence-corrected chi connectivity index (χ2v) is 5.68. The van der Waals surface area contributed by atoms with Crippen molar-refractivity contribution in [2.75, 3.05) is 13.1 Å². The van der Waals surface area contributed by atoms with Gasteiger partial charge in [0.15, 0.2) is 0 Å². The fourth-order valence-electron chi connectivity index (χ4n) is 3.13. The average molecular weight is 261 g/mol. The molecule has 19 heavy (non-hydrogen) atoms. The molecule has 3 nitrogen and oxygen atoms in total. The first-order valence-corrected chi connectivity index (χ1v) is 7.66. The van der Waals surface area contributed by atoms with E-state index in [1.54, 1.807) is 0 Å². The lowest BCUT2D eigenvalue weighted by atomic mass is 9.91. The van der Waals surface area contributed by atoms with E-state index in [9.17, 15) is 0 Å². The van der Waals surface area contributed by atoms with Gasteiger partial charge in [-0.1, -0.05) is 26.3 Å². The molecule has 0 saturated carbocycles. The van der Waals surface area contributed by atoms with Crippen LogP contribution in [0, 0.1) is 5.92 Å². The van der Waals surface area contributed by atoms with Gasteiger partial charge in [-0.3, -0.25) is 9.88 Å². The minimum atomic E-state index is 0.172. The standard InChI is InChI=1S/C16H27N3/c1-3-13-8-7-11-19(12-13)16(14(17)4-2)15-9-5-6-10-18-15/h5-6,9-10,13-14,16H,3-4,7-8,11-12,17H2,1-2H3. The van der Waals surface area contributed by atoms with Gasteiger partial charge in [-0.05, 0) is 43.9 Å². The van der Waals surface area contributed by atoms with Crippen molar-refractivity contribution in [2.24, 2.45) is 11.7 Å². The maximum Gasteiger partial charge on any atom is 0.0673 e. The fourth-order valence-corrected chi connectivity index (χ4v) is 3.13. The SMILES string of the molecule is CCC1CCCN(C(c2ccccn2)C(N)CC)C1. The monoisotopic (exact) mass is 261 g/mol. The zero-order valence-electron chi connectivity index (χ0n) is 12.3. The van der Waals surface area contributed by atoms with Crippen LogP contribution in [0.5, 0.6) is 0 Å². The van der Waals surface area contributed by atoms with Crippen LogP contribution in [0.25, 0.3) is 0 Å². The van der Waals surface area contributed by atoms with Crippen molar-refractivity contribution in [3.8, 4) is 0 Å². The molecule has 1 aromatic rings. The third-order valence-electron chi connectivity index (χ3n) is 4.39. The summed E-state index contributed by atoms with van der Waals surface area (Å²) >= 11 is 0. The Labute approximate surface area is 117 Å². The van der Waals surface area contributed by atoms with Gasteiger partial charge < -0.3 is 5.73 Å². The van der Waals surface area contributed by atoms with Crippen LogP contribution in [0.15, 0.2) is 24.4 Å². The Hall–Kier alpha value is -0.930. The van der Waals surface area contributed by atoms with Gasteiger partial charge in [-0.25, -0.2) is 0 Å². The van der Waals surface area contributed by atoms with Crippen LogP contribution in [0.1, 0.15) is 51.3 Å². The summed E-state index contributed by atoms with van der Waals surface area (Å²) in [6.07, 6.45) is 6.80. The van der Waals surface area contributed by atoms with Crippen LogP contribution in [-0.4, -0.2) is 29.0 Å². The minimum Gasteiger partial charge on any atom is -0.326 e. The number of aromatic nitrogens is 1. The number of piperidine rings is 1. The van der Waals surface area contributed by atoms with E-state index in [-0.39, 0.29) is 12.1 Å². The van der Waals surface area contributed by atoms with Gasteiger partial charge >= 0.3 is 0 Å². The van der Waals surface area contributed by atoms with Crippen molar-refractivity contribution < 1.29 is 0 Å². The molecule has 106 valence electrons. The predicted octanol–water partition coefficient (Wildman–Crippen LogP) is 2.98.